The minimum Gasteiger partial charge on any atom is -1.00 e. The molecule has 0 fully saturated rings. The third kappa shape index (κ3) is 3.34. The van der Waals surface area contributed by atoms with Gasteiger partial charge in [0.25, 0.3) is 5.69 Å². The summed E-state index contributed by atoms with van der Waals surface area (Å²) >= 11 is 0. The normalized spacial score (nSPS) is 12.7. The Kier molecular flexibility index (Phi) is 4.47. The van der Waals surface area contributed by atoms with Crippen molar-refractivity contribution in [2.45, 2.75) is 0 Å². The highest BCUT2D eigenvalue weighted by Crippen LogP contribution is 2.23. The van der Waals surface area contributed by atoms with E-state index in [0.29, 0.717) is 0 Å². The molecule has 3 rings (SSSR count). The molecule has 0 saturated carbocycles. The maximum Gasteiger partial charge on any atom is 0.269 e. The fraction of sp³-hybridized carbons (Fsp3) is 0. The molecule has 2 N–H and O–H groups in total. The van der Waals surface area contributed by atoms with E-state index in [2.05, 4.69) is 4.99 Å². The van der Waals surface area contributed by atoms with Crippen LogP contribution < -0.4 is 17.7 Å². The summed E-state index contributed by atoms with van der Waals surface area (Å²) in [4.78, 5) is 14.6. The molecule has 0 saturated heterocycles. The van der Waals surface area contributed by atoms with Gasteiger partial charge in [-0.3, -0.25) is 15.4 Å². The summed E-state index contributed by atoms with van der Waals surface area (Å²) < 4.78 is 0. The highest BCUT2D eigenvalue weighted by atomic mass is 35.5. The molecule has 5 nitrogen and oxygen atoms in total. The van der Waals surface area contributed by atoms with E-state index in [9.17, 15) is 10.1 Å². The number of rotatable bonds is 3. The van der Waals surface area contributed by atoms with Gasteiger partial charge in [0, 0.05) is 24.3 Å². The number of para-hydroxylation sites is 2. The predicted octanol–water partition coefficient (Wildman–Crippen LogP) is -0.449. The molecule has 0 atom stereocenters. The molecule has 0 spiro atoms. The quantitative estimate of drug-likeness (QED) is 0.474. The number of nitro benzene ring substituents is 1. The van der Waals surface area contributed by atoms with Crippen molar-refractivity contribution in [2.75, 3.05) is 0 Å². The fourth-order valence-corrected chi connectivity index (χ4v) is 2.02. The zero-order valence-corrected chi connectivity index (χ0v) is 11.7. The molecule has 6 heteroatoms. The van der Waals surface area contributed by atoms with Crippen molar-refractivity contribution in [3.8, 4) is 0 Å². The summed E-state index contributed by atoms with van der Waals surface area (Å²) in [7, 11) is 0. The first kappa shape index (κ1) is 14.9. The largest absolute Gasteiger partial charge is 1.00 e. The number of aliphatic imine (C=N–C) groups is 1. The lowest BCUT2D eigenvalue weighted by Gasteiger charge is -1.93. The molecule has 0 aromatic heterocycles. The van der Waals surface area contributed by atoms with Crippen molar-refractivity contribution in [3.63, 3.8) is 0 Å². The third-order valence-electron chi connectivity index (χ3n) is 3.04. The summed E-state index contributed by atoms with van der Waals surface area (Å²) in [6.07, 6.45) is 3.80. The van der Waals surface area contributed by atoms with Crippen LogP contribution in [0.1, 0.15) is 5.56 Å². The lowest BCUT2D eigenvalue weighted by atomic mass is 10.2. The number of nitro groups is 1. The van der Waals surface area contributed by atoms with Crippen LogP contribution in [0.4, 0.5) is 17.1 Å². The minimum absolute atomic E-state index is 0. The van der Waals surface area contributed by atoms with Gasteiger partial charge >= 0.3 is 0 Å². The van der Waals surface area contributed by atoms with E-state index in [0.717, 1.165) is 22.8 Å². The number of hydrogen-bond donors (Lipinski definition) is 1. The second-order valence-electron chi connectivity index (χ2n) is 4.42. The van der Waals surface area contributed by atoms with Gasteiger partial charge in [0.05, 0.1) is 4.92 Å². The van der Waals surface area contributed by atoms with Crippen LogP contribution in [0.15, 0.2) is 59.6 Å². The number of non-ortho nitro benzene ring substituents is 1. The van der Waals surface area contributed by atoms with Crippen LogP contribution in [0.2, 0.25) is 0 Å². The van der Waals surface area contributed by atoms with E-state index in [1.807, 2.05) is 41.7 Å². The van der Waals surface area contributed by atoms with Crippen molar-refractivity contribution in [1.29, 1.82) is 0 Å². The topological polar surface area (TPSA) is 72.1 Å². The Hall–Kier alpha value is -2.50. The van der Waals surface area contributed by atoms with Crippen LogP contribution in [0.3, 0.4) is 0 Å². The average molecular weight is 302 g/mol. The van der Waals surface area contributed by atoms with Gasteiger partial charge in [-0.1, -0.05) is 12.1 Å². The summed E-state index contributed by atoms with van der Waals surface area (Å²) in [5, 5.41) is 12.6. The lowest BCUT2D eigenvalue weighted by molar-refractivity contribution is -0.436. The van der Waals surface area contributed by atoms with Crippen molar-refractivity contribution in [3.05, 3.63) is 70.3 Å². The first-order valence-corrected chi connectivity index (χ1v) is 6.17. The summed E-state index contributed by atoms with van der Waals surface area (Å²) in [5.41, 5.74) is 3.08. The molecular formula is C15H12ClN3O2. The molecule has 0 bridgehead atoms. The number of halogens is 1. The van der Waals surface area contributed by atoms with Gasteiger partial charge in [-0.25, -0.2) is 0 Å². The van der Waals surface area contributed by atoms with E-state index < -0.39 is 4.92 Å². The number of fused-ring (bicyclic) bond motifs is 1. The first-order valence-electron chi connectivity index (χ1n) is 6.17. The third-order valence-corrected chi connectivity index (χ3v) is 3.04. The molecule has 106 valence electrons. The van der Waals surface area contributed by atoms with Gasteiger partial charge in [0.2, 0.25) is 5.84 Å². The lowest BCUT2D eigenvalue weighted by Crippen LogP contribution is -3.00. The van der Waals surface area contributed by atoms with E-state index in [-0.39, 0.29) is 18.1 Å². The molecule has 0 unspecified atom stereocenters. The van der Waals surface area contributed by atoms with Gasteiger partial charge in [-0.15, -0.1) is 0 Å². The van der Waals surface area contributed by atoms with Crippen LogP contribution in [-0.2, 0) is 0 Å². The Morgan fingerprint density at radius 2 is 1.76 bits per heavy atom. The summed E-state index contributed by atoms with van der Waals surface area (Å²) in [6.45, 7) is 0. The zero-order chi connectivity index (χ0) is 13.9. The van der Waals surface area contributed by atoms with Crippen LogP contribution in [0.25, 0.3) is 6.08 Å². The van der Waals surface area contributed by atoms with Crippen LogP contribution in [0.5, 0.6) is 0 Å². The Labute approximate surface area is 127 Å². The zero-order valence-electron chi connectivity index (χ0n) is 10.9. The van der Waals surface area contributed by atoms with Gasteiger partial charge in [0.15, 0.2) is 5.69 Å². The first-order chi connectivity index (χ1) is 9.72. The van der Waals surface area contributed by atoms with Crippen LogP contribution in [0, 0.1) is 10.1 Å². The number of amidine groups is 1. The average Bonchev–Trinajstić information content (AvgIpc) is 2.88. The SMILES string of the molecule is O=[N+]([O-])c1ccc(/C=C/C2=Nc3ccccc3[NH2+]2)cc1.[Cl-]. The number of nitrogens with two attached hydrogens (primary N) is 1. The van der Waals surface area contributed by atoms with E-state index in [4.69, 9.17) is 0 Å². The highest BCUT2D eigenvalue weighted by Gasteiger charge is 2.15. The maximum absolute atomic E-state index is 10.6. The smallest absolute Gasteiger partial charge is 0.269 e. The summed E-state index contributed by atoms with van der Waals surface area (Å²) in [5.74, 6) is 0.879. The van der Waals surface area contributed by atoms with Gasteiger partial charge in [-0.05, 0) is 29.8 Å². The molecule has 1 heterocycles. The van der Waals surface area contributed by atoms with E-state index >= 15 is 0 Å². The van der Waals surface area contributed by atoms with Crippen LogP contribution >= 0.6 is 0 Å². The van der Waals surface area contributed by atoms with Crippen molar-refractivity contribution in [1.82, 2.24) is 0 Å². The molecule has 0 amide bonds. The van der Waals surface area contributed by atoms with Crippen LogP contribution in [-0.4, -0.2) is 10.8 Å². The molecule has 2 aromatic carbocycles. The van der Waals surface area contributed by atoms with E-state index in [1.165, 1.54) is 12.1 Å². The predicted molar refractivity (Wildman–Crippen MR) is 77.3 cm³/mol. The van der Waals surface area contributed by atoms with Gasteiger partial charge in [-0.2, -0.15) is 4.99 Å². The monoisotopic (exact) mass is 301 g/mol. The Balaban J connectivity index is 0.00000161. The van der Waals surface area contributed by atoms with Crippen molar-refractivity contribution >= 4 is 29.0 Å². The Morgan fingerprint density at radius 3 is 2.43 bits per heavy atom. The molecule has 0 aliphatic carbocycles. The Morgan fingerprint density at radius 1 is 1.05 bits per heavy atom. The fourth-order valence-electron chi connectivity index (χ4n) is 2.02. The van der Waals surface area contributed by atoms with Crippen molar-refractivity contribution in [2.24, 2.45) is 4.99 Å². The number of hydrogen-bond acceptors (Lipinski definition) is 3. The molecular weight excluding hydrogens is 290 g/mol. The number of quaternary nitrogens is 1. The molecule has 1 aliphatic heterocycles. The van der Waals surface area contributed by atoms with Gasteiger partial charge in [0.1, 0.15) is 5.69 Å². The molecule has 21 heavy (non-hydrogen) atoms. The minimum atomic E-state index is -0.404. The number of benzene rings is 2. The second kappa shape index (κ2) is 6.30. The Bertz CT molecular complexity index is 724. The second-order valence-corrected chi connectivity index (χ2v) is 4.42. The maximum atomic E-state index is 10.6. The molecule has 2 aromatic rings. The van der Waals surface area contributed by atoms with Gasteiger partial charge < -0.3 is 12.4 Å². The van der Waals surface area contributed by atoms with Crippen molar-refractivity contribution < 1.29 is 22.6 Å². The van der Waals surface area contributed by atoms with E-state index in [1.54, 1.807) is 12.1 Å². The summed E-state index contributed by atoms with van der Waals surface area (Å²) in [6, 6.07) is 14.4. The standard InChI is InChI=1S/C15H11N3O2.ClH/c19-18(20)12-8-5-11(6-9-12)7-10-15-16-13-3-1-2-4-14(13)17-15;/h1-10H,(H,16,17);1H/b10-7+;. The number of nitrogens with zero attached hydrogens (tertiary/aromatic N) is 2. The molecule has 0 radical (unpaired) electrons. The highest BCUT2D eigenvalue weighted by molar-refractivity contribution is 5.95. The molecule has 1 aliphatic rings.